The van der Waals surface area contributed by atoms with Gasteiger partial charge in [0.2, 0.25) is 0 Å². The van der Waals surface area contributed by atoms with Crippen molar-refractivity contribution in [2.75, 3.05) is 20.4 Å². The molecule has 0 aromatic heterocycles. The fourth-order valence-electron chi connectivity index (χ4n) is 3.27. The van der Waals surface area contributed by atoms with Crippen molar-refractivity contribution in [2.24, 2.45) is 0 Å². The highest BCUT2D eigenvalue weighted by atomic mass is 35.5. The number of carbonyl (C=O) groups is 4. The zero-order valence-electron chi connectivity index (χ0n) is 17.7. The third-order valence-corrected chi connectivity index (χ3v) is 7.09. The summed E-state index contributed by atoms with van der Waals surface area (Å²) < 4.78 is 0. The summed E-state index contributed by atoms with van der Waals surface area (Å²) in [6.07, 6.45) is 3.21. The predicted octanol–water partition coefficient (Wildman–Crippen LogP) is 5.61. The topological polar surface area (TPSA) is 78.0 Å². The van der Waals surface area contributed by atoms with E-state index in [4.69, 9.17) is 23.2 Å². The number of benzene rings is 2. The number of amides is 4. The Morgan fingerprint density at radius 1 is 0.765 bits per heavy atom. The molecule has 4 amide bonds. The Balaban J connectivity index is 1.41. The molecule has 2 aromatic carbocycles. The number of imide groups is 2. The molecular weight excluding hydrogens is 517 g/mol. The minimum absolute atomic E-state index is 0.0768. The lowest BCUT2D eigenvalue weighted by atomic mass is 10.2. The molecule has 0 bridgehead atoms. The largest absolute Gasteiger partial charge is 0.294 e. The fraction of sp³-hybridized carbons (Fsp3) is 0.130. The second-order valence-electron chi connectivity index (χ2n) is 7.47. The van der Waals surface area contributed by atoms with Crippen LogP contribution in [0.3, 0.4) is 0 Å². The smallest absolute Gasteiger partial charge is 0.270 e. The number of hydrogen-bond donors (Lipinski definition) is 0. The van der Waals surface area contributed by atoms with E-state index in [1.165, 1.54) is 0 Å². The first-order chi connectivity index (χ1) is 16.2. The molecule has 11 heteroatoms. The van der Waals surface area contributed by atoms with Crippen molar-refractivity contribution in [3.05, 3.63) is 79.5 Å². The predicted molar refractivity (Wildman–Crippen MR) is 136 cm³/mol. The van der Waals surface area contributed by atoms with Crippen LogP contribution in [0, 0.1) is 0 Å². The third-order valence-electron chi connectivity index (χ3n) is 4.81. The lowest BCUT2D eigenvalue weighted by molar-refractivity contribution is -0.125. The average Bonchev–Trinajstić information content (AvgIpc) is 3.18. The van der Waals surface area contributed by atoms with Crippen LogP contribution in [0.2, 0.25) is 10.0 Å². The number of nitrogens with zero attached hydrogens (tertiary/aromatic N) is 3. The summed E-state index contributed by atoms with van der Waals surface area (Å²) in [4.78, 5) is 54.7. The molecule has 4 rings (SSSR count). The molecule has 0 N–H and O–H groups in total. The summed E-state index contributed by atoms with van der Waals surface area (Å²) in [7, 11) is 1.62. The number of carbonyl (C=O) groups excluding carboxylic acids is 4. The Kier molecular flexibility index (Phi) is 7.49. The van der Waals surface area contributed by atoms with E-state index >= 15 is 0 Å². The van der Waals surface area contributed by atoms with Gasteiger partial charge in [0.05, 0.1) is 23.1 Å². The zero-order valence-corrected chi connectivity index (χ0v) is 20.9. The van der Waals surface area contributed by atoms with Gasteiger partial charge in [-0.1, -0.05) is 47.5 Å². The minimum atomic E-state index is -0.447. The van der Waals surface area contributed by atoms with Gasteiger partial charge in [-0.25, -0.2) is 0 Å². The molecule has 0 aliphatic carbocycles. The Labute approximate surface area is 214 Å². The van der Waals surface area contributed by atoms with Crippen molar-refractivity contribution in [2.45, 2.75) is 0 Å². The van der Waals surface area contributed by atoms with Gasteiger partial charge in [0.25, 0.3) is 22.3 Å². The summed E-state index contributed by atoms with van der Waals surface area (Å²) in [5.74, 6) is -0.895. The molecule has 7 nitrogen and oxygen atoms in total. The van der Waals surface area contributed by atoms with Crippen LogP contribution in [-0.2, 0) is 9.59 Å². The molecule has 0 saturated carbocycles. The highest BCUT2D eigenvalue weighted by Gasteiger charge is 2.38. The first-order valence-electron chi connectivity index (χ1n) is 9.91. The van der Waals surface area contributed by atoms with E-state index < -0.39 is 22.3 Å². The molecule has 2 aliphatic rings. The monoisotopic (exact) mass is 533 g/mol. The van der Waals surface area contributed by atoms with Crippen molar-refractivity contribution in [1.82, 2.24) is 14.7 Å². The van der Waals surface area contributed by atoms with Gasteiger partial charge in [0.15, 0.2) is 0 Å². The molecule has 0 unspecified atom stereocenters. The minimum Gasteiger partial charge on any atom is -0.270 e. The van der Waals surface area contributed by atoms with Crippen molar-refractivity contribution in [3.63, 3.8) is 0 Å². The van der Waals surface area contributed by atoms with Crippen LogP contribution in [0.25, 0.3) is 12.2 Å². The summed E-state index contributed by atoms with van der Waals surface area (Å²) in [5.41, 5.74) is 1.41. The van der Waals surface area contributed by atoms with Crippen molar-refractivity contribution in [3.8, 4) is 0 Å². The van der Waals surface area contributed by atoms with Crippen LogP contribution in [-0.4, -0.2) is 57.4 Å². The molecule has 2 saturated heterocycles. The SMILES string of the molecule is CN(CN1C(=O)S/C(=C/c2cccc(Cl)c2)C1=O)CN1C(=O)S/C(=C/c2cccc(Cl)c2)C1=O. The number of halogens is 2. The highest BCUT2D eigenvalue weighted by Crippen LogP contribution is 2.34. The van der Waals surface area contributed by atoms with Crippen LogP contribution >= 0.6 is 46.7 Å². The first-order valence-corrected chi connectivity index (χ1v) is 12.3. The Morgan fingerprint density at radius 3 is 1.56 bits per heavy atom. The first kappa shape index (κ1) is 24.6. The van der Waals surface area contributed by atoms with Gasteiger partial charge in [-0.05, 0) is 78.1 Å². The summed E-state index contributed by atoms with van der Waals surface area (Å²) in [5, 5.41) is 0.184. The number of thioether (sulfide) groups is 2. The van der Waals surface area contributed by atoms with Crippen LogP contribution in [0.4, 0.5) is 9.59 Å². The van der Waals surface area contributed by atoms with Crippen molar-refractivity contribution >= 4 is 81.2 Å². The van der Waals surface area contributed by atoms with Crippen LogP contribution < -0.4 is 0 Å². The second kappa shape index (κ2) is 10.4. The van der Waals surface area contributed by atoms with Crippen molar-refractivity contribution in [1.29, 1.82) is 0 Å². The van der Waals surface area contributed by atoms with E-state index in [1.807, 2.05) is 0 Å². The molecule has 2 heterocycles. The lowest BCUT2D eigenvalue weighted by Gasteiger charge is -2.25. The van der Waals surface area contributed by atoms with Crippen LogP contribution in [0.15, 0.2) is 58.3 Å². The summed E-state index contributed by atoms with van der Waals surface area (Å²) in [6.45, 7) is -0.154. The van der Waals surface area contributed by atoms with E-state index in [9.17, 15) is 19.2 Å². The number of hydrogen-bond acceptors (Lipinski definition) is 7. The van der Waals surface area contributed by atoms with E-state index in [1.54, 1.807) is 72.6 Å². The molecule has 34 heavy (non-hydrogen) atoms. The molecule has 0 atom stereocenters. The molecule has 2 aliphatic heterocycles. The molecule has 2 aromatic rings. The van der Waals surface area contributed by atoms with Gasteiger partial charge in [-0.3, -0.25) is 33.9 Å². The van der Waals surface area contributed by atoms with E-state index in [0.717, 1.165) is 33.3 Å². The van der Waals surface area contributed by atoms with E-state index in [2.05, 4.69) is 0 Å². The van der Waals surface area contributed by atoms with Gasteiger partial charge in [-0.15, -0.1) is 0 Å². The maximum absolute atomic E-state index is 12.8. The zero-order chi connectivity index (χ0) is 24.4. The maximum Gasteiger partial charge on any atom is 0.294 e. The highest BCUT2D eigenvalue weighted by molar-refractivity contribution is 8.18. The second-order valence-corrected chi connectivity index (χ2v) is 10.3. The van der Waals surface area contributed by atoms with E-state index in [-0.39, 0.29) is 23.1 Å². The maximum atomic E-state index is 12.8. The van der Waals surface area contributed by atoms with Gasteiger partial charge in [0.1, 0.15) is 0 Å². The van der Waals surface area contributed by atoms with Crippen LogP contribution in [0.5, 0.6) is 0 Å². The molecule has 0 spiro atoms. The number of rotatable bonds is 6. The quantitative estimate of drug-likeness (QED) is 0.446. The lowest BCUT2D eigenvalue weighted by Crippen LogP contribution is -2.45. The molecule has 174 valence electrons. The standard InChI is InChI=1S/C23H17Cl2N3O4S2/c1-26(12-27-20(29)18(33-22(27)31)10-14-4-2-6-16(24)8-14)13-28-21(30)19(34-23(28)32)11-15-5-3-7-17(25)9-15/h2-11H,12-13H2,1H3/b18-10+,19-11+. The van der Waals surface area contributed by atoms with E-state index in [0.29, 0.717) is 21.2 Å². The van der Waals surface area contributed by atoms with Crippen molar-refractivity contribution < 1.29 is 19.2 Å². The third kappa shape index (κ3) is 5.56. The Bertz CT molecular complexity index is 1170. The summed E-state index contributed by atoms with van der Waals surface area (Å²) >= 11 is 13.6. The Morgan fingerprint density at radius 2 is 1.18 bits per heavy atom. The van der Waals surface area contributed by atoms with Gasteiger partial charge < -0.3 is 0 Å². The normalized spacial score (nSPS) is 18.9. The molecule has 2 fully saturated rings. The Hall–Kier alpha value is -2.56. The fourth-order valence-corrected chi connectivity index (χ4v) is 5.33. The molecular formula is C23H17Cl2N3O4S2. The summed E-state index contributed by atoms with van der Waals surface area (Å²) in [6, 6.07) is 13.9. The molecule has 0 radical (unpaired) electrons. The average molecular weight is 534 g/mol. The van der Waals surface area contributed by atoms with Crippen LogP contribution in [0.1, 0.15) is 11.1 Å². The van der Waals surface area contributed by atoms with Gasteiger partial charge >= 0.3 is 0 Å². The van der Waals surface area contributed by atoms with Gasteiger partial charge in [0, 0.05) is 10.0 Å². The van der Waals surface area contributed by atoms with Gasteiger partial charge in [-0.2, -0.15) is 0 Å².